The molecule has 1 aliphatic heterocycles. The predicted octanol–water partition coefficient (Wildman–Crippen LogP) is -0.241. The van der Waals surface area contributed by atoms with Gasteiger partial charge in [0.1, 0.15) is 0 Å². The highest BCUT2D eigenvalue weighted by molar-refractivity contribution is 4.49. The van der Waals surface area contributed by atoms with Gasteiger partial charge in [-0.3, -0.25) is 4.70 Å². The quantitative estimate of drug-likeness (QED) is 0.461. The summed E-state index contributed by atoms with van der Waals surface area (Å²) >= 11 is 0. The Bertz CT molecular complexity index is 27.2. The van der Waals surface area contributed by atoms with Crippen molar-refractivity contribution in [2.45, 2.75) is 0 Å². The lowest BCUT2D eigenvalue weighted by atomic mass is 10.5. The third kappa shape index (κ3) is 2.53. The minimum absolute atomic E-state index is 0. The third-order valence-corrected chi connectivity index (χ3v) is 0.846. The van der Waals surface area contributed by atoms with Gasteiger partial charge in [0.2, 0.25) is 0 Å². The molecule has 0 amide bonds. The van der Waals surface area contributed by atoms with Crippen molar-refractivity contribution in [3.63, 3.8) is 0 Å². The second-order valence-corrected chi connectivity index (χ2v) is 1.36. The molecular formula is C4H10FNO. The highest BCUT2D eigenvalue weighted by Crippen LogP contribution is 1.76. The Labute approximate surface area is 42.2 Å². The molecule has 1 aliphatic rings. The van der Waals surface area contributed by atoms with Crippen LogP contribution in [0.4, 0.5) is 4.70 Å². The van der Waals surface area contributed by atoms with Crippen molar-refractivity contribution in [3.05, 3.63) is 0 Å². The van der Waals surface area contributed by atoms with Gasteiger partial charge in [0.25, 0.3) is 0 Å². The highest BCUT2D eigenvalue weighted by atomic mass is 19.0. The molecule has 44 valence electrons. The maximum Gasteiger partial charge on any atom is 0.0591 e. The highest BCUT2D eigenvalue weighted by Gasteiger charge is 1.92. The number of nitrogens with one attached hydrogen (secondary N) is 1. The van der Waals surface area contributed by atoms with E-state index in [2.05, 4.69) is 5.32 Å². The molecule has 1 N–H and O–H groups in total. The molecule has 2 nitrogen and oxygen atoms in total. The van der Waals surface area contributed by atoms with Gasteiger partial charge in [-0.2, -0.15) is 0 Å². The summed E-state index contributed by atoms with van der Waals surface area (Å²) in [7, 11) is 0. The molecule has 0 aromatic heterocycles. The van der Waals surface area contributed by atoms with E-state index in [0.717, 1.165) is 26.3 Å². The molecular weight excluding hydrogens is 97.0 g/mol. The van der Waals surface area contributed by atoms with Crippen molar-refractivity contribution in [3.8, 4) is 0 Å². The number of hydrogen-bond donors (Lipinski definition) is 1. The smallest absolute Gasteiger partial charge is 0.0591 e. The van der Waals surface area contributed by atoms with Crippen LogP contribution < -0.4 is 5.32 Å². The number of rotatable bonds is 0. The fourth-order valence-electron chi connectivity index (χ4n) is 0.516. The van der Waals surface area contributed by atoms with Crippen molar-refractivity contribution in [2.24, 2.45) is 0 Å². The van der Waals surface area contributed by atoms with Crippen molar-refractivity contribution < 1.29 is 9.44 Å². The first-order valence-corrected chi connectivity index (χ1v) is 2.28. The van der Waals surface area contributed by atoms with Crippen LogP contribution in [0.1, 0.15) is 0 Å². The van der Waals surface area contributed by atoms with Crippen molar-refractivity contribution in [1.29, 1.82) is 0 Å². The fraction of sp³-hybridized carbons (Fsp3) is 1.00. The molecule has 1 rings (SSSR count). The number of hydrogen-bond acceptors (Lipinski definition) is 2. The molecule has 0 aromatic rings. The van der Waals surface area contributed by atoms with Crippen LogP contribution in [0, 0.1) is 0 Å². The van der Waals surface area contributed by atoms with Gasteiger partial charge in [-0.15, -0.1) is 0 Å². The fourth-order valence-corrected chi connectivity index (χ4v) is 0.516. The predicted molar refractivity (Wildman–Crippen MR) is 26.2 cm³/mol. The largest absolute Gasteiger partial charge is 0.379 e. The Morgan fingerprint density at radius 3 is 1.86 bits per heavy atom. The Balaban J connectivity index is 0.000000360. The molecule has 1 fully saturated rings. The van der Waals surface area contributed by atoms with E-state index in [0.29, 0.717) is 0 Å². The zero-order chi connectivity index (χ0) is 4.24. The number of ether oxygens (including phenoxy) is 1. The molecule has 0 spiro atoms. The molecule has 0 atom stereocenters. The minimum Gasteiger partial charge on any atom is -0.379 e. The maximum absolute atomic E-state index is 5.01. The second kappa shape index (κ2) is 4.02. The monoisotopic (exact) mass is 107 g/mol. The first kappa shape index (κ1) is 6.85. The van der Waals surface area contributed by atoms with E-state index in [1.807, 2.05) is 0 Å². The van der Waals surface area contributed by atoms with Crippen molar-refractivity contribution in [1.82, 2.24) is 5.32 Å². The Kier molecular flexibility index (Phi) is 3.93. The van der Waals surface area contributed by atoms with Crippen LogP contribution >= 0.6 is 0 Å². The van der Waals surface area contributed by atoms with E-state index < -0.39 is 0 Å². The standard InChI is InChI=1S/C4H9NO.FH/c1-3-6-4-2-5-1;/h5H,1-4H2;1H. The van der Waals surface area contributed by atoms with Crippen LogP contribution in [-0.2, 0) is 4.74 Å². The zero-order valence-electron chi connectivity index (χ0n) is 4.14. The summed E-state index contributed by atoms with van der Waals surface area (Å²) in [6.45, 7) is 3.83. The molecule has 0 aliphatic carbocycles. The van der Waals surface area contributed by atoms with E-state index in [1.165, 1.54) is 0 Å². The summed E-state index contributed by atoms with van der Waals surface area (Å²) in [4.78, 5) is 0. The van der Waals surface area contributed by atoms with Crippen LogP contribution in [0.25, 0.3) is 0 Å². The average molecular weight is 107 g/mol. The van der Waals surface area contributed by atoms with Gasteiger partial charge in [0, 0.05) is 13.1 Å². The average Bonchev–Trinajstić information content (AvgIpc) is 1.72. The van der Waals surface area contributed by atoms with Gasteiger partial charge in [-0.1, -0.05) is 0 Å². The zero-order valence-corrected chi connectivity index (χ0v) is 4.14. The Hall–Kier alpha value is -0.150. The molecule has 7 heavy (non-hydrogen) atoms. The van der Waals surface area contributed by atoms with E-state index in [4.69, 9.17) is 4.74 Å². The molecule has 0 saturated carbocycles. The minimum atomic E-state index is 0. The molecule has 1 heterocycles. The van der Waals surface area contributed by atoms with E-state index in [9.17, 15) is 0 Å². The van der Waals surface area contributed by atoms with Gasteiger partial charge >= 0.3 is 0 Å². The van der Waals surface area contributed by atoms with Crippen LogP contribution in [0.15, 0.2) is 0 Å². The summed E-state index contributed by atoms with van der Waals surface area (Å²) in [6.07, 6.45) is 0. The summed E-state index contributed by atoms with van der Waals surface area (Å²) in [5.41, 5.74) is 0. The summed E-state index contributed by atoms with van der Waals surface area (Å²) < 4.78 is 5.01. The molecule has 0 radical (unpaired) electrons. The van der Waals surface area contributed by atoms with Crippen LogP contribution in [0.2, 0.25) is 0 Å². The summed E-state index contributed by atoms with van der Waals surface area (Å²) in [5.74, 6) is 0. The lowest BCUT2D eigenvalue weighted by Crippen LogP contribution is -2.30. The van der Waals surface area contributed by atoms with E-state index in [1.54, 1.807) is 0 Å². The molecule has 0 unspecified atom stereocenters. The SMILES string of the molecule is C1COCCN1.F. The molecule has 3 heteroatoms. The van der Waals surface area contributed by atoms with Gasteiger partial charge < -0.3 is 10.1 Å². The first-order valence-electron chi connectivity index (χ1n) is 2.28. The van der Waals surface area contributed by atoms with Gasteiger partial charge in [0.15, 0.2) is 0 Å². The molecule has 0 aromatic carbocycles. The summed E-state index contributed by atoms with van der Waals surface area (Å²) in [6, 6.07) is 0. The topological polar surface area (TPSA) is 21.3 Å². The Morgan fingerprint density at radius 2 is 1.71 bits per heavy atom. The van der Waals surface area contributed by atoms with Crippen molar-refractivity contribution >= 4 is 0 Å². The van der Waals surface area contributed by atoms with Crippen LogP contribution in [0.3, 0.4) is 0 Å². The van der Waals surface area contributed by atoms with Crippen LogP contribution in [-0.4, -0.2) is 26.3 Å². The number of morpholine rings is 1. The van der Waals surface area contributed by atoms with Gasteiger partial charge in [-0.25, -0.2) is 0 Å². The number of halogens is 1. The van der Waals surface area contributed by atoms with Gasteiger partial charge in [-0.05, 0) is 0 Å². The van der Waals surface area contributed by atoms with E-state index >= 15 is 0 Å². The van der Waals surface area contributed by atoms with E-state index in [-0.39, 0.29) is 4.70 Å². The van der Waals surface area contributed by atoms with Gasteiger partial charge in [0.05, 0.1) is 13.2 Å². The molecule has 0 bridgehead atoms. The molecule has 1 saturated heterocycles. The Morgan fingerprint density at radius 1 is 1.14 bits per heavy atom. The van der Waals surface area contributed by atoms with Crippen LogP contribution in [0.5, 0.6) is 0 Å². The maximum atomic E-state index is 5.01. The second-order valence-electron chi connectivity index (χ2n) is 1.36. The lowest BCUT2D eigenvalue weighted by molar-refractivity contribution is 0.109. The summed E-state index contributed by atoms with van der Waals surface area (Å²) in [5, 5.41) is 3.16. The first-order chi connectivity index (χ1) is 3.00. The van der Waals surface area contributed by atoms with Crippen molar-refractivity contribution in [2.75, 3.05) is 26.3 Å². The third-order valence-electron chi connectivity index (χ3n) is 0.846. The lowest BCUT2D eigenvalue weighted by Gasteiger charge is -2.10. The normalized spacial score (nSPS) is 20.6.